The van der Waals surface area contributed by atoms with Crippen LogP contribution in [0.15, 0.2) is 60.8 Å². The van der Waals surface area contributed by atoms with Gasteiger partial charge in [0.1, 0.15) is 11.6 Å². The number of carbonyl (C=O) groups is 1. The van der Waals surface area contributed by atoms with Crippen LogP contribution in [0, 0.1) is 12.7 Å². The molecule has 0 N–H and O–H groups in total. The molecule has 1 saturated carbocycles. The van der Waals surface area contributed by atoms with Crippen LogP contribution in [0.4, 0.5) is 4.39 Å². The van der Waals surface area contributed by atoms with Crippen LogP contribution in [-0.2, 0) is 0 Å². The zero-order valence-corrected chi connectivity index (χ0v) is 19.7. The number of aromatic nitrogens is 3. The minimum absolute atomic E-state index is 0.0595. The van der Waals surface area contributed by atoms with Crippen molar-refractivity contribution >= 4 is 16.8 Å². The minimum atomic E-state index is -0.270. The van der Waals surface area contributed by atoms with E-state index in [1.807, 2.05) is 48.4 Å². The van der Waals surface area contributed by atoms with Crippen LogP contribution < -0.4 is 0 Å². The van der Waals surface area contributed by atoms with E-state index >= 15 is 0 Å². The van der Waals surface area contributed by atoms with Crippen molar-refractivity contribution in [2.45, 2.75) is 44.4 Å². The Morgan fingerprint density at radius 2 is 1.80 bits per heavy atom. The van der Waals surface area contributed by atoms with E-state index in [9.17, 15) is 9.18 Å². The molecule has 2 aromatic heterocycles. The first-order valence-corrected chi connectivity index (χ1v) is 12.4. The standard InChI is InChI=1S/C29H27FN4O/c1-18-31-16-25(19-10-12-22(30)13-11-19)28(32-18)21-5-4-14-34(17-21)29(35)24-15-27(20-8-9-20)33-26-7-3-2-6-23(24)26/h2-3,6-7,10-13,15-16,20-21H,4-5,8-9,14,17H2,1H3/t21-/m0/s1. The van der Waals surface area contributed by atoms with Crippen molar-refractivity contribution in [3.63, 3.8) is 0 Å². The number of carbonyl (C=O) groups excluding carboxylic acids is 1. The molecular weight excluding hydrogens is 439 g/mol. The Balaban J connectivity index is 1.34. The highest BCUT2D eigenvalue weighted by Crippen LogP contribution is 2.40. The van der Waals surface area contributed by atoms with Crippen LogP contribution in [0.1, 0.15) is 65.1 Å². The molecule has 2 aromatic carbocycles. The molecule has 1 atom stereocenters. The molecule has 1 saturated heterocycles. The number of pyridine rings is 1. The molecule has 4 aromatic rings. The fourth-order valence-electron chi connectivity index (χ4n) is 5.17. The fraction of sp³-hybridized carbons (Fsp3) is 0.310. The molecule has 0 bridgehead atoms. The van der Waals surface area contributed by atoms with Gasteiger partial charge in [0.2, 0.25) is 0 Å². The van der Waals surface area contributed by atoms with Gasteiger partial charge >= 0.3 is 0 Å². The van der Waals surface area contributed by atoms with E-state index in [2.05, 4.69) is 4.98 Å². The highest BCUT2D eigenvalue weighted by Gasteiger charge is 2.31. The van der Waals surface area contributed by atoms with E-state index in [1.54, 1.807) is 12.1 Å². The van der Waals surface area contributed by atoms with Gasteiger partial charge in [-0.15, -0.1) is 0 Å². The molecule has 3 heterocycles. The normalized spacial score (nSPS) is 18.1. The monoisotopic (exact) mass is 466 g/mol. The van der Waals surface area contributed by atoms with Crippen molar-refractivity contribution in [1.82, 2.24) is 19.9 Å². The zero-order valence-electron chi connectivity index (χ0n) is 19.7. The lowest BCUT2D eigenvalue weighted by Crippen LogP contribution is -2.39. The number of rotatable bonds is 4. The van der Waals surface area contributed by atoms with Crippen LogP contribution in [0.2, 0.25) is 0 Å². The van der Waals surface area contributed by atoms with E-state index in [4.69, 9.17) is 9.97 Å². The Kier molecular flexibility index (Phi) is 5.51. The largest absolute Gasteiger partial charge is 0.338 e. The summed E-state index contributed by atoms with van der Waals surface area (Å²) in [5.41, 5.74) is 5.39. The van der Waals surface area contributed by atoms with Crippen LogP contribution in [0.25, 0.3) is 22.0 Å². The van der Waals surface area contributed by atoms with Crippen molar-refractivity contribution in [2.75, 3.05) is 13.1 Å². The number of piperidine rings is 1. The predicted molar refractivity (Wildman–Crippen MR) is 134 cm³/mol. The fourth-order valence-corrected chi connectivity index (χ4v) is 5.17. The Hall–Kier alpha value is -3.67. The maximum absolute atomic E-state index is 13.9. The van der Waals surface area contributed by atoms with Crippen LogP contribution in [0.5, 0.6) is 0 Å². The van der Waals surface area contributed by atoms with Gasteiger partial charge in [-0.1, -0.05) is 30.3 Å². The minimum Gasteiger partial charge on any atom is -0.338 e. The first-order chi connectivity index (χ1) is 17.1. The lowest BCUT2D eigenvalue weighted by molar-refractivity contribution is 0.0708. The van der Waals surface area contributed by atoms with Crippen molar-refractivity contribution in [3.8, 4) is 11.1 Å². The van der Waals surface area contributed by atoms with E-state index in [1.165, 1.54) is 12.1 Å². The molecule has 6 rings (SSSR count). The molecule has 0 radical (unpaired) electrons. The summed E-state index contributed by atoms with van der Waals surface area (Å²) in [4.78, 5) is 29.9. The maximum Gasteiger partial charge on any atom is 0.254 e. The van der Waals surface area contributed by atoms with Gasteiger partial charge < -0.3 is 4.90 Å². The topological polar surface area (TPSA) is 59.0 Å². The van der Waals surface area contributed by atoms with Crippen LogP contribution in [0.3, 0.4) is 0 Å². The average Bonchev–Trinajstić information content (AvgIpc) is 3.74. The van der Waals surface area contributed by atoms with Gasteiger partial charge in [-0.05, 0) is 62.4 Å². The molecular formula is C29H27FN4O. The molecule has 2 fully saturated rings. The first kappa shape index (κ1) is 21.8. The second-order valence-electron chi connectivity index (χ2n) is 9.70. The molecule has 1 aliphatic carbocycles. The number of amides is 1. The molecule has 176 valence electrons. The lowest BCUT2D eigenvalue weighted by Gasteiger charge is -2.33. The number of hydrogen-bond acceptors (Lipinski definition) is 4. The third-order valence-electron chi connectivity index (χ3n) is 7.15. The number of para-hydroxylation sites is 1. The quantitative estimate of drug-likeness (QED) is 0.368. The Morgan fingerprint density at radius 3 is 2.60 bits per heavy atom. The Labute approximate surface area is 204 Å². The van der Waals surface area contributed by atoms with Gasteiger partial charge in [0, 0.05) is 47.8 Å². The number of hydrogen-bond donors (Lipinski definition) is 0. The third-order valence-corrected chi connectivity index (χ3v) is 7.15. The number of fused-ring (bicyclic) bond motifs is 1. The molecule has 0 spiro atoms. The highest BCUT2D eigenvalue weighted by atomic mass is 19.1. The summed E-state index contributed by atoms with van der Waals surface area (Å²) in [6.07, 6.45) is 5.96. The number of benzene rings is 2. The van der Waals surface area contributed by atoms with E-state index < -0.39 is 0 Å². The first-order valence-electron chi connectivity index (χ1n) is 12.4. The summed E-state index contributed by atoms with van der Waals surface area (Å²) in [6.45, 7) is 3.20. The van der Waals surface area contributed by atoms with E-state index in [0.29, 0.717) is 18.3 Å². The average molecular weight is 467 g/mol. The number of likely N-dealkylation sites (tertiary alicyclic amines) is 1. The maximum atomic E-state index is 13.9. The number of nitrogens with zero attached hydrogens (tertiary/aromatic N) is 4. The predicted octanol–water partition coefficient (Wildman–Crippen LogP) is 6.04. The SMILES string of the molecule is Cc1ncc(-c2ccc(F)cc2)c([C@H]2CCCN(C(=O)c3cc(C4CC4)nc4ccccc34)C2)n1. The van der Waals surface area contributed by atoms with Gasteiger partial charge in [-0.3, -0.25) is 9.78 Å². The second-order valence-corrected chi connectivity index (χ2v) is 9.70. The van der Waals surface area contributed by atoms with Gasteiger partial charge in [-0.2, -0.15) is 0 Å². The molecule has 35 heavy (non-hydrogen) atoms. The molecule has 0 unspecified atom stereocenters. The van der Waals surface area contributed by atoms with Crippen molar-refractivity contribution in [3.05, 3.63) is 89.4 Å². The number of aryl methyl sites for hydroxylation is 1. The van der Waals surface area contributed by atoms with Crippen LogP contribution in [-0.4, -0.2) is 38.8 Å². The van der Waals surface area contributed by atoms with E-state index in [0.717, 1.165) is 71.2 Å². The summed E-state index contributed by atoms with van der Waals surface area (Å²) < 4.78 is 13.5. The van der Waals surface area contributed by atoms with Crippen molar-refractivity contribution in [1.29, 1.82) is 0 Å². The molecule has 6 heteroatoms. The van der Waals surface area contributed by atoms with Gasteiger partial charge in [-0.25, -0.2) is 14.4 Å². The van der Waals surface area contributed by atoms with Crippen LogP contribution >= 0.6 is 0 Å². The molecule has 1 amide bonds. The summed E-state index contributed by atoms with van der Waals surface area (Å²) in [5, 5.41) is 0.911. The smallest absolute Gasteiger partial charge is 0.254 e. The molecule has 1 aliphatic heterocycles. The third kappa shape index (κ3) is 4.29. The van der Waals surface area contributed by atoms with Gasteiger partial charge in [0.15, 0.2) is 0 Å². The summed E-state index contributed by atoms with van der Waals surface area (Å²) >= 11 is 0. The highest BCUT2D eigenvalue weighted by molar-refractivity contribution is 6.06. The summed E-state index contributed by atoms with van der Waals surface area (Å²) in [6, 6.07) is 16.4. The molecule has 5 nitrogen and oxygen atoms in total. The van der Waals surface area contributed by atoms with Gasteiger partial charge in [0.05, 0.1) is 16.8 Å². The van der Waals surface area contributed by atoms with Gasteiger partial charge in [0.25, 0.3) is 5.91 Å². The summed E-state index contributed by atoms with van der Waals surface area (Å²) in [5.74, 6) is 1.05. The number of halogens is 1. The Bertz CT molecular complexity index is 1410. The lowest BCUT2D eigenvalue weighted by atomic mass is 9.89. The van der Waals surface area contributed by atoms with E-state index in [-0.39, 0.29) is 17.6 Å². The Morgan fingerprint density at radius 1 is 1.00 bits per heavy atom. The second kappa shape index (κ2) is 8.84. The van der Waals surface area contributed by atoms with Crippen molar-refractivity contribution in [2.24, 2.45) is 0 Å². The zero-order chi connectivity index (χ0) is 23.9. The molecule has 2 aliphatic rings. The van der Waals surface area contributed by atoms with Crippen molar-refractivity contribution < 1.29 is 9.18 Å². The summed E-state index contributed by atoms with van der Waals surface area (Å²) in [7, 11) is 0.